The number of nitrogens with zero attached hydrogens (tertiary/aromatic N) is 5. The van der Waals surface area contributed by atoms with Crippen LogP contribution in [0.25, 0.3) is 0 Å². The van der Waals surface area contributed by atoms with Crippen LogP contribution in [0, 0.1) is 33.8 Å². The summed E-state index contributed by atoms with van der Waals surface area (Å²) in [5, 5.41) is 10.9. The van der Waals surface area contributed by atoms with Crippen LogP contribution in [0.2, 0.25) is 0 Å². The first-order chi connectivity index (χ1) is 17.6. The lowest BCUT2D eigenvalue weighted by atomic mass is 9.54. The predicted molar refractivity (Wildman–Crippen MR) is 134 cm³/mol. The molecule has 0 radical (unpaired) electrons. The third-order valence-corrected chi connectivity index (χ3v) is 9.43. The molecular formula is C27H35N5O4. The van der Waals surface area contributed by atoms with Gasteiger partial charge in [-0.3, -0.25) is 9.47 Å². The number of anilines is 1. The van der Waals surface area contributed by atoms with E-state index in [0.29, 0.717) is 19.2 Å². The number of benzene rings is 1. The SMILES string of the molecule is O=[N+]([O-])c1cn2c(n1)OC(COc1ccc(N3CCN(C4C5CC6CC(C5)CC4C6)CC3)cc1)CC2. The second-order valence-corrected chi connectivity index (χ2v) is 11.6. The Hall–Kier alpha value is -2.81. The van der Waals surface area contributed by atoms with Gasteiger partial charge in [0.2, 0.25) is 0 Å². The Balaban J connectivity index is 0.906. The molecule has 1 aromatic carbocycles. The van der Waals surface area contributed by atoms with Gasteiger partial charge in [0.1, 0.15) is 24.7 Å². The van der Waals surface area contributed by atoms with Gasteiger partial charge in [-0.2, -0.15) is 0 Å². The van der Waals surface area contributed by atoms with Gasteiger partial charge in [0.25, 0.3) is 0 Å². The zero-order valence-electron chi connectivity index (χ0n) is 20.7. The first kappa shape index (κ1) is 22.4. The van der Waals surface area contributed by atoms with E-state index in [1.165, 1.54) is 57.1 Å². The van der Waals surface area contributed by atoms with Gasteiger partial charge >= 0.3 is 11.8 Å². The van der Waals surface area contributed by atoms with Gasteiger partial charge in [0, 0.05) is 55.9 Å². The Morgan fingerprint density at radius 3 is 2.33 bits per heavy atom. The van der Waals surface area contributed by atoms with E-state index in [-0.39, 0.29) is 11.9 Å². The number of ether oxygens (including phenoxy) is 2. The minimum absolute atomic E-state index is 0.169. The zero-order valence-corrected chi connectivity index (χ0v) is 20.7. The molecule has 4 aliphatic carbocycles. The average molecular weight is 494 g/mol. The summed E-state index contributed by atoms with van der Waals surface area (Å²) in [6.45, 7) is 5.58. The highest BCUT2D eigenvalue weighted by Crippen LogP contribution is 2.55. The van der Waals surface area contributed by atoms with Gasteiger partial charge in [-0.05, 0) is 85.0 Å². The Bertz CT molecular complexity index is 1080. The Morgan fingerprint density at radius 2 is 1.67 bits per heavy atom. The van der Waals surface area contributed by atoms with Crippen LogP contribution < -0.4 is 14.4 Å². The van der Waals surface area contributed by atoms with Crippen LogP contribution in [0.3, 0.4) is 0 Å². The van der Waals surface area contributed by atoms with Crippen molar-refractivity contribution in [3.05, 3.63) is 40.6 Å². The van der Waals surface area contributed by atoms with E-state index in [1.807, 2.05) is 12.1 Å². The summed E-state index contributed by atoms with van der Waals surface area (Å²) in [5.41, 5.74) is 1.26. The molecule has 1 unspecified atom stereocenters. The Kier molecular flexibility index (Phi) is 5.56. The molecule has 0 N–H and O–H groups in total. The fourth-order valence-electron chi connectivity index (χ4n) is 8.05. The van der Waals surface area contributed by atoms with Crippen LogP contribution in [0.5, 0.6) is 11.8 Å². The molecule has 9 nitrogen and oxygen atoms in total. The maximum atomic E-state index is 10.9. The maximum absolute atomic E-state index is 10.9. The summed E-state index contributed by atoms with van der Waals surface area (Å²) < 4.78 is 13.5. The molecule has 1 atom stereocenters. The van der Waals surface area contributed by atoms with Crippen LogP contribution in [0.4, 0.5) is 11.5 Å². The minimum atomic E-state index is -0.495. The number of fused-ring (bicyclic) bond motifs is 1. The molecule has 0 amide bonds. The predicted octanol–water partition coefficient (Wildman–Crippen LogP) is 3.97. The number of imidazole rings is 1. The normalized spacial score (nSPS) is 33.3. The molecule has 0 spiro atoms. The van der Waals surface area contributed by atoms with Gasteiger partial charge in [0.15, 0.2) is 0 Å². The number of piperazine rings is 1. The van der Waals surface area contributed by atoms with Gasteiger partial charge in [0.05, 0.1) is 0 Å². The second kappa shape index (κ2) is 8.94. The van der Waals surface area contributed by atoms with Crippen LogP contribution in [-0.4, -0.2) is 64.3 Å². The molecule has 8 rings (SSSR count). The fourth-order valence-corrected chi connectivity index (χ4v) is 8.05. The molecule has 4 saturated carbocycles. The quantitative estimate of drug-likeness (QED) is 0.445. The summed E-state index contributed by atoms with van der Waals surface area (Å²) >= 11 is 0. The van der Waals surface area contributed by atoms with Gasteiger partial charge in [-0.15, -0.1) is 0 Å². The number of aryl methyl sites for hydroxylation is 1. The molecule has 9 heteroatoms. The van der Waals surface area contributed by atoms with Crippen LogP contribution >= 0.6 is 0 Å². The van der Waals surface area contributed by atoms with E-state index in [4.69, 9.17) is 9.47 Å². The molecule has 2 aromatic rings. The average Bonchev–Trinajstić information content (AvgIpc) is 3.32. The summed E-state index contributed by atoms with van der Waals surface area (Å²) in [6.07, 6.45) is 9.49. The maximum Gasteiger partial charge on any atom is 0.414 e. The van der Waals surface area contributed by atoms with Crippen LogP contribution in [0.1, 0.15) is 38.5 Å². The van der Waals surface area contributed by atoms with Crippen molar-refractivity contribution < 1.29 is 14.4 Å². The monoisotopic (exact) mass is 493 g/mol. The van der Waals surface area contributed by atoms with Crippen molar-refractivity contribution in [3.63, 3.8) is 0 Å². The smallest absolute Gasteiger partial charge is 0.414 e. The topological polar surface area (TPSA) is 85.9 Å². The number of hydrogen-bond acceptors (Lipinski definition) is 7. The first-order valence-corrected chi connectivity index (χ1v) is 13.7. The summed E-state index contributed by atoms with van der Waals surface area (Å²) in [6, 6.07) is 9.53. The van der Waals surface area contributed by atoms with Gasteiger partial charge in [-0.25, -0.2) is 0 Å². The highest BCUT2D eigenvalue weighted by atomic mass is 16.6. The molecule has 192 valence electrons. The number of aromatic nitrogens is 2. The van der Waals surface area contributed by atoms with E-state index in [0.717, 1.165) is 55.0 Å². The summed E-state index contributed by atoms with van der Waals surface area (Å²) in [4.78, 5) is 19.7. The van der Waals surface area contributed by atoms with Crippen LogP contribution in [0.15, 0.2) is 30.5 Å². The zero-order chi connectivity index (χ0) is 24.2. The van der Waals surface area contributed by atoms with E-state index in [9.17, 15) is 10.1 Å². The molecular weight excluding hydrogens is 458 g/mol. The highest BCUT2D eigenvalue weighted by molar-refractivity contribution is 5.49. The number of rotatable bonds is 6. The molecule has 36 heavy (non-hydrogen) atoms. The lowest BCUT2D eigenvalue weighted by Crippen LogP contribution is -2.60. The molecule has 4 bridgehead atoms. The van der Waals surface area contributed by atoms with E-state index >= 15 is 0 Å². The largest absolute Gasteiger partial charge is 0.490 e. The van der Waals surface area contributed by atoms with Gasteiger partial charge < -0.3 is 24.5 Å². The Labute approximate surface area is 211 Å². The molecule has 3 heterocycles. The molecule has 6 aliphatic rings. The summed E-state index contributed by atoms with van der Waals surface area (Å²) in [5.74, 6) is 4.65. The molecule has 5 fully saturated rings. The summed E-state index contributed by atoms with van der Waals surface area (Å²) in [7, 11) is 0. The molecule has 1 saturated heterocycles. The van der Waals surface area contributed by atoms with Gasteiger partial charge in [-0.1, -0.05) is 0 Å². The Morgan fingerprint density at radius 1 is 0.972 bits per heavy atom. The van der Waals surface area contributed by atoms with Crippen molar-refractivity contribution in [2.24, 2.45) is 23.7 Å². The first-order valence-electron chi connectivity index (χ1n) is 13.7. The molecule has 1 aromatic heterocycles. The third kappa shape index (κ3) is 4.11. The van der Waals surface area contributed by atoms with Crippen molar-refractivity contribution in [2.45, 2.75) is 57.2 Å². The lowest BCUT2D eigenvalue weighted by molar-refractivity contribution is -0.389. The van der Waals surface area contributed by atoms with E-state index < -0.39 is 4.92 Å². The van der Waals surface area contributed by atoms with E-state index in [1.54, 1.807) is 4.57 Å². The van der Waals surface area contributed by atoms with Crippen molar-refractivity contribution in [3.8, 4) is 11.8 Å². The van der Waals surface area contributed by atoms with Crippen molar-refractivity contribution in [1.29, 1.82) is 0 Å². The second-order valence-electron chi connectivity index (χ2n) is 11.6. The minimum Gasteiger partial charge on any atom is -0.490 e. The highest BCUT2D eigenvalue weighted by Gasteiger charge is 2.50. The van der Waals surface area contributed by atoms with Crippen molar-refractivity contribution in [2.75, 3.05) is 37.7 Å². The third-order valence-electron chi connectivity index (χ3n) is 9.43. The lowest BCUT2D eigenvalue weighted by Gasteiger charge is -2.58. The van der Waals surface area contributed by atoms with E-state index in [2.05, 4.69) is 26.9 Å². The standard InChI is InChI=1S/C27H35N5O4/c33-32(34)25-16-31-6-5-24(36-27(31)28-25)17-35-23-3-1-22(2-4-23)29-7-9-30(10-8-29)26-20-12-18-11-19(14-20)15-21(26)13-18/h1-4,16,18-21,24,26H,5-15,17H2. The fraction of sp³-hybridized carbons (Fsp3) is 0.667. The van der Waals surface area contributed by atoms with Crippen molar-refractivity contribution >= 4 is 11.5 Å². The number of nitro groups is 1. The van der Waals surface area contributed by atoms with Crippen molar-refractivity contribution in [1.82, 2.24) is 14.5 Å². The molecule has 2 aliphatic heterocycles. The van der Waals surface area contributed by atoms with Crippen LogP contribution in [-0.2, 0) is 6.54 Å². The number of hydrogen-bond donors (Lipinski definition) is 0.